The number of carbonyl (C=O) groups excluding carboxylic acids is 1. The Bertz CT molecular complexity index is 1090. The van der Waals surface area contributed by atoms with Crippen LogP contribution in [0, 0.1) is 0 Å². The summed E-state index contributed by atoms with van der Waals surface area (Å²) in [6.45, 7) is 2.41. The van der Waals surface area contributed by atoms with Crippen LogP contribution in [0.1, 0.15) is 22.8 Å². The molecule has 3 rings (SSSR count). The Morgan fingerprint density at radius 1 is 1.04 bits per heavy atom. The van der Waals surface area contributed by atoms with Crippen LogP contribution >= 0.6 is 0 Å². The maximum absolute atomic E-state index is 12.5. The normalized spacial score (nSPS) is 11.0. The average Bonchev–Trinajstić information content (AvgIpc) is 2.72. The lowest BCUT2D eigenvalue weighted by Gasteiger charge is -2.09. The first kappa shape index (κ1) is 19.2. The van der Waals surface area contributed by atoms with Crippen molar-refractivity contribution >= 4 is 22.8 Å². The first-order chi connectivity index (χ1) is 13.6. The number of ether oxygens (including phenoxy) is 3. The SMILES string of the molecule is CCOc1ccc(C=CC(=O)c2cc3cccc(OC)c3oc2=O)cc1OC. The van der Waals surface area contributed by atoms with Crippen molar-refractivity contribution in [3.63, 3.8) is 0 Å². The fourth-order valence-corrected chi connectivity index (χ4v) is 2.77. The fourth-order valence-electron chi connectivity index (χ4n) is 2.77. The molecule has 1 heterocycles. The lowest BCUT2D eigenvalue weighted by molar-refractivity contribution is 0.104. The van der Waals surface area contributed by atoms with E-state index in [1.54, 1.807) is 49.6 Å². The van der Waals surface area contributed by atoms with Crippen molar-refractivity contribution in [3.8, 4) is 17.2 Å². The number of rotatable bonds is 7. The Kier molecular flexibility index (Phi) is 5.79. The summed E-state index contributed by atoms with van der Waals surface area (Å²) in [5, 5.41) is 0.610. The van der Waals surface area contributed by atoms with Crippen LogP contribution in [0.25, 0.3) is 17.0 Å². The summed E-state index contributed by atoms with van der Waals surface area (Å²) in [6, 6.07) is 12.0. The Balaban J connectivity index is 1.91. The van der Waals surface area contributed by atoms with E-state index in [4.69, 9.17) is 18.6 Å². The molecule has 0 aliphatic heterocycles. The number of carbonyl (C=O) groups is 1. The number of methoxy groups -OCH3 is 2. The second-order valence-electron chi connectivity index (χ2n) is 5.87. The highest BCUT2D eigenvalue weighted by Crippen LogP contribution is 2.28. The van der Waals surface area contributed by atoms with E-state index in [1.807, 2.05) is 6.92 Å². The van der Waals surface area contributed by atoms with Crippen LogP contribution < -0.4 is 19.8 Å². The second kappa shape index (κ2) is 8.43. The number of fused-ring (bicyclic) bond motifs is 1. The van der Waals surface area contributed by atoms with E-state index in [0.717, 1.165) is 5.56 Å². The molecule has 28 heavy (non-hydrogen) atoms. The first-order valence-electron chi connectivity index (χ1n) is 8.71. The molecule has 0 saturated carbocycles. The van der Waals surface area contributed by atoms with E-state index in [0.29, 0.717) is 34.8 Å². The summed E-state index contributed by atoms with van der Waals surface area (Å²) < 4.78 is 21.3. The second-order valence-corrected chi connectivity index (χ2v) is 5.87. The van der Waals surface area contributed by atoms with Crippen molar-refractivity contribution in [2.24, 2.45) is 0 Å². The van der Waals surface area contributed by atoms with Crippen LogP contribution in [0.3, 0.4) is 0 Å². The van der Waals surface area contributed by atoms with Crippen molar-refractivity contribution in [2.75, 3.05) is 20.8 Å². The minimum Gasteiger partial charge on any atom is -0.493 e. The summed E-state index contributed by atoms with van der Waals surface area (Å²) >= 11 is 0. The van der Waals surface area contributed by atoms with Gasteiger partial charge in [0, 0.05) is 5.39 Å². The molecule has 3 aromatic rings. The van der Waals surface area contributed by atoms with Gasteiger partial charge in [0.1, 0.15) is 5.56 Å². The monoisotopic (exact) mass is 380 g/mol. The highest BCUT2D eigenvalue weighted by atomic mass is 16.5. The number of allylic oxidation sites excluding steroid dienone is 1. The zero-order valence-corrected chi connectivity index (χ0v) is 15.9. The fraction of sp³-hybridized carbons (Fsp3) is 0.182. The van der Waals surface area contributed by atoms with E-state index in [-0.39, 0.29) is 5.56 Å². The van der Waals surface area contributed by atoms with Crippen LogP contribution in [-0.4, -0.2) is 26.6 Å². The highest BCUT2D eigenvalue weighted by molar-refractivity contribution is 6.08. The topological polar surface area (TPSA) is 75.0 Å². The van der Waals surface area contributed by atoms with Gasteiger partial charge in [0.05, 0.1) is 20.8 Å². The van der Waals surface area contributed by atoms with Gasteiger partial charge in [-0.25, -0.2) is 4.79 Å². The Labute approximate surface area is 162 Å². The molecule has 1 aromatic heterocycles. The van der Waals surface area contributed by atoms with Gasteiger partial charge < -0.3 is 18.6 Å². The summed E-state index contributed by atoms with van der Waals surface area (Å²) in [4.78, 5) is 24.8. The van der Waals surface area contributed by atoms with Crippen molar-refractivity contribution < 1.29 is 23.4 Å². The van der Waals surface area contributed by atoms with Gasteiger partial charge in [-0.05, 0) is 42.8 Å². The van der Waals surface area contributed by atoms with Crippen molar-refractivity contribution in [1.82, 2.24) is 0 Å². The summed E-state index contributed by atoms with van der Waals surface area (Å²) in [6.07, 6.45) is 2.93. The first-order valence-corrected chi connectivity index (χ1v) is 8.71. The highest BCUT2D eigenvalue weighted by Gasteiger charge is 2.13. The van der Waals surface area contributed by atoms with E-state index < -0.39 is 11.4 Å². The van der Waals surface area contributed by atoms with Gasteiger partial charge in [0.25, 0.3) is 0 Å². The van der Waals surface area contributed by atoms with Crippen molar-refractivity contribution in [1.29, 1.82) is 0 Å². The molecule has 0 amide bonds. The third-order valence-corrected chi connectivity index (χ3v) is 4.12. The Hall–Kier alpha value is -3.54. The molecule has 0 aliphatic rings. The van der Waals surface area contributed by atoms with Crippen LogP contribution in [0.15, 0.2) is 57.8 Å². The van der Waals surface area contributed by atoms with E-state index in [9.17, 15) is 9.59 Å². The number of hydrogen-bond donors (Lipinski definition) is 0. The number of benzene rings is 2. The Morgan fingerprint density at radius 2 is 1.82 bits per heavy atom. The van der Waals surface area contributed by atoms with E-state index >= 15 is 0 Å². The molecular formula is C22H20O6. The summed E-state index contributed by atoms with van der Waals surface area (Å²) in [5.74, 6) is 1.17. The maximum atomic E-state index is 12.5. The third-order valence-electron chi connectivity index (χ3n) is 4.12. The predicted molar refractivity (Wildman–Crippen MR) is 107 cm³/mol. The number of hydrogen-bond acceptors (Lipinski definition) is 6. The molecular weight excluding hydrogens is 360 g/mol. The lowest BCUT2D eigenvalue weighted by Crippen LogP contribution is -2.12. The quantitative estimate of drug-likeness (QED) is 0.349. The minimum absolute atomic E-state index is 0.0464. The van der Waals surface area contributed by atoms with E-state index in [1.165, 1.54) is 19.3 Å². The van der Waals surface area contributed by atoms with Crippen molar-refractivity contribution in [3.05, 3.63) is 70.1 Å². The zero-order chi connectivity index (χ0) is 20.1. The van der Waals surface area contributed by atoms with Crippen LogP contribution in [-0.2, 0) is 0 Å². The number of ketones is 1. The van der Waals surface area contributed by atoms with Gasteiger partial charge in [0.15, 0.2) is 28.6 Å². The molecule has 6 heteroatoms. The molecule has 6 nitrogen and oxygen atoms in total. The molecule has 144 valence electrons. The van der Waals surface area contributed by atoms with Gasteiger partial charge in [-0.15, -0.1) is 0 Å². The van der Waals surface area contributed by atoms with Crippen LogP contribution in [0.2, 0.25) is 0 Å². The molecule has 0 unspecified atom stereocenters. The number of para-hydroxylation sites is 1. The zero-order valence-electron chi connectivity index (χ0n) is 15.9. The van der Waals surface area contributed by atoms with Gasteiger partial charge in [-0.2, -0.15) is 0 Å². The summed E-state index contributed by atoms with van der Waals surface area (Å²) in [7, 11) is 3.03. The molecule has 0 saturated heterocycles. The maximum Gasteiger partial charge on any atom is 0.347 e. The van der Waals surface area contributed by atoms with Gasteiger partial charge in [-0.3, -0.25) is 4.79 Å². The molecule has 0 fully saturated rings. The molecule has 0 atom stereocenters. The van der Waals surface area contributed by atoms with Crippen LogP contribution in [0.5, 0.6) is 17.2 Å². The lowest BCUT2D eigenvalue weighted by atomic mass is 10.1. The molecule has 0 spiro atoms. The molecule has 0 aliphatic carbocycles. The molecule has 0 bridgehead atoms. The smallest absolute Gasteiger partial charge is 0.347 e. The van der Waals surface area contributed by atoms with Gasteiger partial charge in [0.2, 0.25) is 0 Å². The minimum atomic E-state index is -0.712. The predicted octanol–water partition coefficient (Wildman–Crippen LogP) is 4.11. The van der Waals surface area contributed by atoms with Crippen LogP contribution in [0.4, 0.5) is 0 Å². The standard InChI is InChI=1S/C22H20O6/c1-4-27-18-11-9-14(12-20(18)26-3)8-10-17(23)16-13-15-6-5-7-19(25-2)21(15)28-22(16)24/h5-13H,4H2,1-3H3. The third kappa shape index (κ3) is 3.91. The van der Waals surface area contributed by atoms with Crippen molar-refractivity contribution in [2.45, 2.75) is 6.92 Å². The van der Waals surface area contributed by atoms with E-state index in [2.05, 4.69) is 0 Å². The molecule has 0 N–H and O–H groups in total. The largest absolute Gasteiger partial charge is 0.493 e. The summed E-state index contributed by atoms with van der Waals surface area (Å²) in [5.41, 5.74) is 0.290. The molecule has 2 aromatic carbocycles. The van der Waals surface area contributed by atoms with Gasteiger partial charge >= 0.3 is 5.63 Å². The Morgan fingerprint density at radius 3 is 2.54 bits per heavy atom. The van der Waals surface area contributed by atoms with Gasteiger partial charge in [-0.1, -0.05) is 24.3 Å². The molecule has 0 radical (unpaired) electrons. The average molecular weight is 380 g/mol.